The molecule has 12 heteroatoms. The Morgan fingerprint density at radius 2 is 1.77 bits per heavy atom. The van der Waals surface area contributed by atoms with E-state index in [1.807, 2.05) is 0 Å². The summed E-state index contributed by atoms with van der Waals surface area (Å²) < 4.78 is 60.2. The van der Waals surface area contributed by atoms with Crippen molar-refractivity contribution < 1.29 is 36.7 Å². The highest BCUT2D eigenvalue weighted by atomic mass is 19.4. The van der Waals surface area contributed by atoms with Crippen molar-refractivity contribution in [1.82, 2.24) is 5.32 Å². The van der Waals surface area contributed by atoms with E-state index in [2.05, 4.69) is 15.6 Å². The zero-order chi connectivity index (χ0) is 30.7. The average Bonchev–Trinajstić information content (AvgIpc) is 3.79. The average molecular weight is 597 g/mol. The minimum atomic E-state index is -4.63. The Hall–Kier alpha value is -4.74. The maximum Gasteiger partial charge on any atom is 0.389 e. The molecule has 5 rings (SSSR count). The molecule has 1 heterocycles. The number of amides is 3. The molecule has 8 nitrogen and oxygen atoms in total. The standard InChI is InChI=1S/C31H28F4N4O4/c32-19-9-4-8-18(16-19)25-22-10-5-11-23(43-20-12-13-20)26(22)38-30(42)28(37-25)39-29(41)21(14-15-31(33,34)35)24(27(36)40)17-6-2-1-3-7-17/h1-11,16,20-21,24,28H,12-15H2,(H2,36,40)(H,38,42)(H,39,41)/t21?,24?,28-/m1/s1. The van der Waals surface area contributed by atoms with Gasteiger partial charge in [0.2, 0.25) is 18.0 Å². The van der Waals surface area contributed by atoms with Crippen LogP contribution in [-0.2, 0) is 14.4 Å². The van der Waals surface area contributed by atoms with Crippen LogP contribution in [0.5, 0.6) is 5.75 Å². The molecule has 0 spiro atoms. The number of carbonyl (C=O) groups is 3. The van der Waals surface area contributed by atoms with E-state index in [1.54, 1.807) is 42.5 Å². The first-order valence-electron chi connectivity index (χ1n) is 13.7. The molecule has 3 amide bonds. The predicted molar refractivity (Wildman–Crippen MR) is 150 cm³/mol. The smallest absolute Gasteiger partial charge is 0.389 e. The lowest BCUT2D eigenvalue weighted by Crippen LogP contribution is -2.47. The number of para-hydroxylation sites is 1. The molecule has 0 radical (unpaired) electrons. The first kappa shape index (κ1) is 29.7. The lowest BCUT2D eigenvalue weighted by Gasteiger charge is -2.26. The zero-order valence-electron chi connectivity index (χ0n) is 22.7. The fourth-order valence-electron chi connectivity index (χ4n) is 5.00. The van der Waals surface area contributed by atoms with Crippen LogP contribution in [0.15, 0.2) is 77.8 Å². The number of fused-ring (bicyclic) bond motifs is 1. The zero-order valence-corrected chi connectivity index (χ0v) is 22.7. The first-order chi connectivity index (χ1) is 20.5. The monoisotopic (exact) mass is 596 g/mol. The van der Waals surface area contributed by atoms with Crippen molar-refractivity contribution in [3.05, 3.63) is 95.3 Å². The van der Waals surface area contributed by atoms with Crippen molar-refractivity contribution in [3.63, 3.8) is 0 Å². The number of anilines is 1. The van der Waals surface area contributed by atoms with Crippen LogP contribution in [0.4, 0.5) is 23.2 Å². The van der Waals surface area contributed by atoms with Crippen LogP contribution >= 0.6 is 0 Å². The van der Waals surface area contributed by atoms with Crippen LogP contribution in [0, 0.1) is 11.7 Å². The molecule has 1 aliphatic heterocycles. The first-order valence-corrected chi connectivity index (χ1v) is 13.7. The van der Waals surface area contributed by atoms with E-state index in [0.717, 1.165) is 12.8 Å². The molecule has 1 saturated carbocycles. The fourth-order valence-corrected chi connectivity index (χ4v) is 5.00. The second kappa shape index (κ2) is 12.2. The van der Waals surface area contributed by atoms with Crippen molar-refractivity contribution in [2.45, 2.75) is 50.0 Å². The SMILES string of the molecule is NC(=O)C(c1ccccc1)C(CCC(F)(F)F)C(=O)N[C@H]1N=C(c2cccc(F)c2)c2cccc(OC3CC3)c2NC1=O. The number of nitrogens with one attached hydrogen (secondary N) is 2. The predicted octanol–water partition coefficient (Wildman–Crippen LogP) is 4.83. The molecule has 3 aromatic carbocycles. The Kier molecular flexibility index (Phi) is 8.47. The summed E-state index contributed by atoms with van der Waals surface area (Å²) in [7, 11) is 0. The number of hydrogen-bond donors (Lipinski definition) is 3. The second-order valence-corrected chi connectivity index (χ2v) is 10.4. The lowest BCUT2D eigenvalue weighted by molar-refractivity contribution is -0.144. The molecule has 3 aromatic rings. The lowest BCUT2D eigenvalue weighted by atomic mass is 9.81. The third-order valence-electron chi connectivity index (χ3n) is 7.17. The molecule has 224 valence electrons. The van der Waals surface area contributed by atoms with Crippen LogP contribution in [-0.4, -0.2) is 41.9 Å². The van der Waals surface area contributed by atoms with Gasteiger partial charge in [-0.2, -0.15) is 13.2 Å². The Balaban J connectivity index is 1.53. The van der Waals surface area contributed by atoms with E-state index in [-0.39, 0.29) is 28.6 Å². The van der Waals surface area contributed by atoms with Gasteiger partial charge in [-0.25, -0.2) is 9.38 Å². The second-order valence-electron chi connectivity index (χ2n) is 10.4. The Morgan fingerprint density at radius 1 is 1.05 bits per heavy atom. The maximum absolute atomic E-state index is 14.3. The highest BCUT2D eigenvalue weighted by Crippen LogP contribution is 2.37. The number of hydrogen-bond acceptors (Lipinski definition) is 5. The number of ether oxygens (including phenoxy) is 1. The minimum Gasteiger partial charge on any atom is -0.488 e. The molecule has 0 aromatic heterocycles. The number of rotatable bonds is 10. The maximum atomic E-state index is 14.3. The molecule has 0 bridgehead atoms. The van der Waals surface area contributed by atoms with Gasteiger partial charge in [0, 0.05) is 17.5 Å². The van der Waals surface area contributed by atoms with Crippen molar-refractivity contribution in [2.75, 3.05) is 5.32 Å². The van der Waals surface area contributed by atoms with Crippen molar-refractivity contribution in [2.24, 2.45) is 16.6 Å². The molecular formula is C31H28F4N4O4. The van der Waals surface area contributed by atoms with Crippen LogP contribution in [0.1, 0.15) is 48.3 Å². The normalized spacial score (nSPS) is 17.9. The summed E-state index contributed by atoms with van der Waals surface area (Å²) in [6, 6.07) is 18.2. The van der Waals surface area contributed by atoms with Crippen molar-refractivity contribution >= 4 is 29.1 Å². The van der Waals surface area contributed by atoms with Gasteiger partial charge in [0.15, 0.2) is 0 Å². The molecule has 4 N–H and O–H groups in total. The number of benzene rings is 3. The van der Waals surface area contributed by atoms with E-state index in [4.69, 9.17) is 10.5 Å². The van der Waals surface area contributed by atoms with Gasteiger partial charge in [-0.05, 0) is 43.0 Å². The molecule has 1 fully saturated rings. The number of benzodiazepines with no additional fused rings is 1. The molecule has 2 aliphatic rings. The van der Waals surface area contributed by atoms with Gasteiger partial charge >= 0.3 is 6.18 Å². The third kappa shape index (κ3) is 7.19. The number of halogens is 4. The summed E-state index contributed by atoms with van der Waals surface area (Å²) in [5.74, 6) is -6.06. The van der Waals surface area contributed by atoms with Gasteiger partial charge in [0.1, 0.15) is 11.6 Å². The Morgan fingerprint density at radius 3 is 2.42 bits per heavy atom. The van der Waals surface area contributed by atoms with E-state index in [1.165, 1.54) is 30.3 Å². The summed E-state index contributed by atoms with van der Waals surface area (Å²) in [6.45, 7) is 0. The summed E-state index contributed by atoms with van der Waals surface area (Å²) in [6.07, 6.45) is -6.78. The van der Waals surface area contributed by atoms with E-state index in [0.29, 0.717) is 11.3 Å². The van der Waals surface area contributed by atoms with Crippen LogP contribution in [0.2, 0.25) is 0 Å². The van der Waals surface area contributed by atoms with Gasteiger partial charge in [-0.3, -0.25) is 14.4 Å². The van der Waals surface area contributed by atoms with Crippen LogP contribution in [0.3, 0.4) is 0 Å². The largest absolute Gasteiger partial charge is 0.488 e. The number of nitrogens with zero attached hydrogens (tertiary/aromatic N) is 1. The number of aliphatic imine (C=N–C) groups is 1. The van der Waals surface area contributed by atoms with Crippen molar-refractivity contribution in [1.29, 1.82) is 0 Å². The highest BCUT2D eigenvalue weighted by Gasteiger charge is 2.40. The van der Waals surface area contributed by atoms with Crippen LogP contribution < -0.4 is 21.1 Å². The fraction of sp³-hybridized carbons (Fsp3) is 0.290. The molecule has 2 unspecified atom stereocenters. The van der Waals surface area contributed by atoms with Gasteiger partial charge in [-0.15, -0.1) is 0 Å². The summed E-state index contributed by atoms with van der Waals surface area (Å²) in [5, 5.41) is 5.14. The number of carbonyl (C=O) groups excluding carboxylic acids is 3. The number of primary amides is 1. The van der Waals surface area contributed by atoms with Crippen molar-refractivity contribution in [3.8, 4) is 5.75 Å². The Bertz CT molecular complexity index is 1560. The molecule has 1 aliphatic carbocycles. The quantitative estimate of drug-likeness (QED) is 0.290. The molecule has 0 saturated heterocycles. The van der Waals surface area contributed by atoms with Gasteiger partial charge in [-0.1, -0.05) is 54.6 Å². The van der Waals surface area contributed by atoms with Gasteiger partial charge < -0.3 is 21.1 Å². The highest BCUT2D eigenvalue weighted by molar-refractivity contribution is 6.20. The minimum absolute atomic E-state index is 0.0326. The van der Waals surface area contributed by atoms with Gasteiger partial charge in [0.25, 0.3) is 5.91 Å². The number of nitrogens with two attached hydrogens (primary N) is 1. The number of alkyl halides is 3. The molecule has 43 heavy (non-hydrogen) atoms. The van der Waals surface area contributed by atoms with Gasteiger partial charge in [0.05, 0.1) is 29.3 Å². The Labute approximate surface area is 244 Å². The molecule has 3 atom stereocenters. The third-order valence-corrected chi connectivity index (χ3v) is 7.17. The van der Waals surface area contributed by atoms with Crippen LogP contribution in [0.25, 0.3) is 0 Å². The van der Waals surface area contributed by atoms with E-state index >= 15 is 0 Å². The topological polar surface area (TPSA) is 123 Å². The van der Waals surface area contributed by atoms with E-state index in [9.17, 15) is 31.9 Å². The summed E-state index contributed by atoms with van der Waals surface area (Å²) in [5.41, 5.74) is 6.93. The summed E-state index contributed by atoms with van der Waals surface area (Å²) >= 11 is 0. The molecular weight excluding hydrogens is 568 g/mol. The van der Waals surface area contributed by atoms with E-state index < -0.39 is 60.6 Å². The summed E-state index contributed by atoms with van der Waals surface area (Å²) in [4.78, 5) is 44.2.